The van der Waals surface area contributed by atoms with Gasteiger partial charge in [-0.25, -0.2) is 9.18 Å². The first kappa shape index (κ1) is 19.9. The van der Waals surface area contributed by atoms with E-state index in [4.69, 9.17) is 4.74 Å². The Morgan fingerprint density at radius 2 is 1.73 bits per heavy atom. The van der Waals surface area contributed by atoms with Crippen LogP contribution in [0.4, 0.5) is 10.1 Å². The van der Waals surface area contributed by atoms with E-state index in [0.29, 0.717) is 16.0 Å². The minimum Gasteiger partial charge on any atom is -0.465 e. The molecule has 1 heterocycles. The number of ether oxygens (including phenoxy) is 1. The lowest BCUT2D eigenvalue weighted by Gasteiger charge is -2.30. The van der Waals surface area contributed by atoms with Crippen LogP contribution in [0.2, 0.25) is 0 Å². The summed E-state index contributed by atoms with van der Waals surface area (Å²) in [4.78, 5) is 27.9. The Bertz CT molecular complexity index is 1140. The molecule has 0 aliphatic carbocycles. The van der Waals surface area contributed by atoms with E-state index < -0.39 is 5.97 Å². The Hall–Kier alpha value is -3.38. The predicted molar refractivity (Wildman–Crippen MR) is 116 cm³/mol. The van der Waals surface area contributed by atoms with Crippen LogP contribution in [-0.4, -0.2) is 19.0 Å². The first-order valence-electron chi connectivity index (χ1n) is 9.29. The molecule has 0 unspecified atom stereocenters. The van der Waals surface area contributed by atoms with Crippen LogP contribution in [0.5, 0.6) is 0 Å². The topological polar surface area (TPSA) is 46.6 Å². The summed E-state index contributed by atoms with van der Waals surface area (Å²) < 4.78 is 18.9. The third kappa shape index (κ3) is 4.00. The normalized spacial score (nSPS) is 14.5. The van der Waals surface area contributed by atoms with Gasteiger partial charge in [-0.1, -0.05) is 54.2 Å². The van der Waals surface area contributed by atoms with Crippen molar-refractivity contribution in [3.05, 3.63) is 100 Å². The molecule has 0 fully saturated rings. The van der Waals surface area contributed by atoms with Crippen LogP contribution in [0.15, 0.2) is 82.6 Å². The second-order valence-corrected chi connectivity index (χ2v) is 7.76. The van der Waals surface area contributed by atoms with Gasteiger partial charge in [-0.3, -0.25) is 4.79 Å². The summed E-state index contributed by atoms with van der Waals surface area (Å²) in [6, 6.07) is 20.9. The highest BCUT2D eigenvalue weighted by Crippen LogP contribution is 2.42. The lowest BCUT2D eigenvalue weighted by Crippen LogP contribution is -2.34. The summed E-state index contributed by atoms with van der Waals surface area (Å²) in [5.74, 6) is -0.953. The third-order valence-corrected chi connectivity index (χ3v) is 5.83. The van der Waals surface area contributed by atoms with Gasteiger partial charge in [0.05, 0.1) is 29.8 Å². The number of fused-ring (bicyclic) bond motifs is 1. The molecule has 0 atom stereocenters. The van der Waals surface area contributed by atoms with Gasteiger partial charge >= 0.3 is 5.97 Å². The van der Waals surface area contributed by atoms with Crippen LogP contribution >= 0.6 is 11.8 Å². The van der Waals surface area contributed by atoms with E-state index in [9.17, 15) is 14.0 Å². The molecule has 1 amide bonds. The maximum Gasteiger partial charge on any atom is 0.337 e. The number of methoxy groups -OCH3 is 1. The Labute approximate surface area is 178 Å². The summed E-state index contributed by atoms with van der Waals surface area (Å²) in [6.07, 6.45) is 1.78. The summed E-state index contributed by atoms with van der Waals surface area (Å²) in [6.45, 7) is 0.141. The first-order chi connectivity index (χ1) is 14.6. The van der Waals surface area contributed by atoms with Crippen molar-refractivity contribution in [1.29, 1.82) is 0 Å². The Morgan fingerprint density at radius 3 is 2.47 bits per heavy atom. The van der Waals surface area contributed by atoms with Gasteiger partial charge in [0.2, 0.25) is 0 Å². The van der Waals surface area contributed by atoms with Crippen molar-refractivity contribution in [2.75, 3.05) is 12.0 Å². The second kappa shape index (κ2) is 8.55. The van der Waals surface area contributed by atoms with Crippen LogP contribution in [0.3, 0.4) is 0 Å². The number of rotatable bonds is 4. The summed E-state index contributed by atoms with van der Waals surface area (Å²) in [5, 5.41) is 0. The van der Waals surface area contributed by atoms with Crippen LogP contribution in [-0.2, 0) is 16.1 Å². The van der Waals surface area contributed by atoms with E-state index in [2.05, 4.69) is 0 Å². The number of nitrogens with zero attached hydrogens (tertiary/aromatic N) is 1. The number of benzene rings is 3. The van der Waals surface area contributed by atoms with Crippen molar-refractivity contribution in [2.45, 2.75) is 11.4 Å². The van der Waals surface area contributed by atoms with Crippen LogP contribution < -0.4 is 4.90 Å². The molecular weight excluding hydrogens is 401 g/mol. The van der Waals surface area contributed by atoms with Crippen LogP contribution in [0, 0.1) is 5.82 Å². The molecule has 150 valence electrons. The number of halogens is 1. The molecule has 0 bridgehead atoms. The minimum absolute atomic E-state index is 0.141. The van der Waals surface area contributed by atoms with Gasteiger partial charge in [-0.05, 0) is 42.0 Å². The van der Waals surface area contributed by atoms with Crippen LogP contribution in [0.1, 0.15) is 21.5 Å². The molecule has 4 nitrogen and oxygen atoms in total. The minimum atomic E-state index is -0.415. The molecule has 4 rings (SSSR count). The molecule has 0 saturated carbocycles. The molecule has 0 radical (unpaired) electrons. The van der Waals surface area contributed by atoms with Crippen molar-refractivity contribution in [2.24, 2.45) is 0 Å². The molecule has 3 aromatic rings. The molecule has 0 aromatic heterocycles. The molecule has 1 aliphatic rings. The average molecular weight is 419 g/mol. The fourth-order valence-electron chi connectivity index (χ4n) is 3.20. The van der Waals surface area contributed by atoms with Crippen molar-refractivity contribution in [1.82, 2.24) is 0 Å². The highest BCUT2D eigenvalue weighted by molar-refractivity contribution is 8.04. The molecular formula is C24H18FNO3S. The fourth-order valence-corrected chi connectivity index (χ4v) is 4.26. The average Bonchev–Trinajstić information content (AvgIpc) is 2.78. The molecule has 0 N–H and O–H groups in total. The van der Waals surface area contributed by atoms with Crippen molar-refractivity contribution >= 4 is 35.4 Å². The monoisotopic (exact) mass is 419 g/mol. The zero-order valence-electron chi connectivity index (χ0n) is 16.2. The Balaban J connectivity index is 1.69. The van der Waals surface area contributed by atoms with E-state index >= 15 is 0 Å². The Morgan fingerprint density at radius 1 is 1.03 bits per heavy atom. The van der Waals surface area contributed by atoms with Crippen LogP contribution in [0.25, 0.3) is 6.08 Å². The number of thioether (sulfide) groups is 1. The first-order valence-corrected chi connectivity index (χ1v) is 10.1. The third-order valence-electron chi connectivity index (χ3n) is 4.75. The molecule has 0 spiro atoms. The zero-order chi connectivity index (χ0) is 21.1. The summed E-state index contributed by atoms with van der Waals surface area (Å²) in [7, 11) is 1.33. The van der Waals surface area contributed by atoms with Gasteiger partial charge in [-0.2, -0.15) is 0 Å². The molecule has 0 saturated heterocycles. The largest absolute Gasteiger partial charge is 0.465 e. The van der Waals surface area contributed by atoms with Gasteiger partial charge < -0.3 is 9.64 Å². The number of para-hydroxylation sites is 1. The number of amides is 1. The number of hydrogen-bond donors (Lipinski definition) is 0. The highest BCUT2D eigenvalue weighted by atomic mass is 32.2. The van der Waals surface area contributed by atoms with Crippen molar-refractivity contribution in [3.8, 4) is 0 Å². The van der Waals surface area contributed by atoms with Crippen molar-refractivity contribution in [3.63, 3.8) is 0 Å². The quantitative estimate of drug-likeness (QED) is 0.426. The number of carbonyl (C=O) groups is 2. The van der Waals surface area contributed by atoms with E-state index in [1.54, 1.807) is 53.4 Å². The second-order valence-electron chi connectivity index (χ2n) is 6.67. The number of esters is 1. The van der Waals surface area contributed by atoms with E-state index in [-0.39, 0.29) is 18.3 Å². The lowest BCUT2D eigenvalue weighted by molar-refractivity contribution is -0.114. The zero-order valence-corrected chi connectivity index (χ0v) is 17.0. The Kier molecular flexibility index (Phi) is 5.68. The van der Waals surface area contributed by atoms with E-state index in [1.807, 2.05) is 24.3 Å². The van der Waals surface area contributed by atoms with E-state index in [1.165, 1.54) is 24.9 Å². The standard InChI is InChI=1S/C24H18FNO3S/c1-29-24(28)17-12-10-16(11-13-17)14-22-23(27)26(15-18-6-2-3-7-19(18)25)20-8-4-5-9-21(20)30-22/h2-14H,15H2,1H3/b22-14+. The molecule has 30 heavy (non-hydrogen) atoms. The van der Waals surface area contributed by atoms with Gasteiger partial charge in [0.1, 0.15) is 5.82 Å². The van der Waals surface area contributed by atoms with Gasteiger partial charge in [-0.15, -0.1) is 0 Å². The molecule has 3 aromatic carbocycles. The number of carbonyl (C=O) groups excluding carboxylic acids is 2. The number of hydrogen-bond acceptors (Lipinski definition) is 4. The smallest absolute Gasteiger partial charge is 0.337 e. The molecule has 1 aliphatic heterocycles. The predicted octanol–water partition coefficient (Wildman–Crippen LogP) is 5.29. The summed E-state index contributed by atoms with van der Waals surface area (Å²) in [5.41, 5.74) is 2.43. The fraction of sp³-hybridized carbons (Fsp3) is 0.0833. The SMILES string of the molecule is COC(=O)c1ccc(/C=C2/Sc3ccccc3N(Cc3ccccc3F)C2=O)cc1. The summed E-state index contributed by atoms with van der Waals surface area (Å²) >= 11 is 1.38. The maximum atomic E-state index is 14.2. The lowest BCUT2D eigenvalue weighted by atomic mass is 10.1. The van der Waals surface area contributed by atoms with Gasteiger partial charge in [0, 0.05) is 10.5 Å². The van der Waals surface area contributed by atoms with E-state index in [0.717, 1.165) is 16.1 Å². The number of anilines is 1. The van der Waals surface area contributed by atoms with Gasteiger partial charge in [0.25, 0.3) is 5.91 Å². The van der Waals surface area contributed by atoms with Gasteiger partial charge in [0.15, 0.2) is 0 Å². The van der Waals surface area contributed by atoms with Crippen molar-refractivity contribution < 1.29 is 18.7 Å². The molecule has 6 heteroatoms. The highest BCUT2D eigenvalue weighted by Gasteiger charge is 2.29. The maximum absolute atomic E-state index is 14.2.